The van der Waals surface area contributed by atoms with Crippen LogP contribution in [0.25, 0.3) is 94.7 Å². The van der Waals surface area contributed by atoms with Gasteiger partial charge in [0.25, 0.3) is 0 Å². The number of benzene rings is 8. The first-order valence-electron chi connectivity index (χ1n) is 19.2. The van der Waals surface area contributed by atoms with Gasteiger partial charge < -0.3 is 4.57 Å². The van der Waals surface area contributed by atoms with Crippen LogP contribution in [0.3, 0.4) is 0 Å². The summed E-state index contributed by atoms with van der Waals surface area (Å²) in [6.45, 7) is 4.67. The second kappa shape index (κ2) is 12.4. The normalized spacial score (nSPS) is 13.0. The molecule has 264 valence electrons. The van der Waals surface area contributed by atoms with Gasteiger partial charge >= 0.3 is 0 Å². The van der Waals surface area contributed by atoms with Crippen molar-refractivity contribution in [1.82, 2.24) is 19.5 Å². The molecule has 0 radical (unpaired) electrons. The van der Waals surface area contributed by atoms with Gasteiger partial charge in [0.2, 0.25) is 0 Å². The van der Waals surface area contributed by atoms with Crippen molar-refractivity contribution >= 4 is 32.6 Å². The van der Waals surface area contributed by atoms with Gasteiger partial charge in [0.1, 0.15) is 0 Å². The lowest BCUT2D eigenvalue weighted by atomic mass is 9.82. The highest BCUT2D eigenvalue weighted by molar-refractivity contribution is 6.17. The minimum atomic E-state index is -0.0447. The molecule has 0 bridgehead atoms. The summed E-state index contributed by atoms with van der Waals surface area (Å²) in [5.74, 6) is 1.93. The van der Waals surface area contributed by atoms with Crippen LogP contribution in [0.5, 0.6) is 0 Å². The van der Waals surface area contributed by atoms with E-state index in [0.717, 1.165) is 44.2 Å². The lowest BCUT2D eigenvalue weighted by Crippen LogP contribution is -2.14. The second-order valence-electron chi connectivity index (χ2n) is 15.2. The maximum absolute atomic E-state index is 5.21. The summed E-state index contributed by atoms with van der Waals surface area (Å²) < 4.78 is 2.42. The Bertz CT molecular complexity index is 3100. The number of aromatic nitrogens is 4. The second-order valence-corrected chi connectivity index (χ2v) is 15.2. The zero-order valence-corrected chi connectivity index (χ0v) is 31.1. The third kappa shape index (κ3) is 4.96. The maximum atomic E-state index is 5.21. The van der Waals surface area contributed by atoms with Crippen molar-refractivity contribution in [1.29, 1.82) is 0 Å². The zero-order chi connectivity index (χ0) is 37.4. The lowest BCUT2D eigenvalue weighted by molar-refractivity contribution is 0.660. The Morgan fingerprint density at radius 2 is 0.982 bits per heavy atom. The van der Waals surface area contributed by atoms with Crippen LogP contribution in [-0.2, 0) is 5.41 Å². The van der Waals surface area contributed by atoms with E-state index in [0.29, 0.717) is 17.5 Å². The van der Waals surface area contributed by atoms with E-state index in [1.165, 1.54) is 44.2 Å². The summed E-state index contributed by atoms with van der Waals surface area (Å²) in [5.41, 5.74) is 13.9. The first-order valence-corrected chi connectivity index (χ1v) is 19.2. The molecule has 0 atom stereocenters. The van der Waals surface area contributed by atoms with Gasteiger partial charge in [0, 0.05) is 38.3 Å². The number of rotatable bonds is 5. The highest BCUT2D eigenvalue weighted by atomic mass is 15.0. The summed E-state index contributed by atoms with van der Waals surface area (Å²) in [5, 5.41) is 4.65. The molecule has 0 unspecified atom stereocenters. The molecule has 2 heterocycles. The summed E-state index contributed by atoms with van der Waals surface area (Å²) in [6.07, 6.45) is 0. The average molecular weight is 717 g/mol. The molecule has 1 aliphatic rings. The first kappa shape index (κ1) is 32.3. The van der Waals surface area contributed by atoms with E-state index in [4.69, 9.17) is 15.0 Å². The van der Waals surface area contributed by atoms with Crippen molar-refractivity contribution < 1.29 is 0 Å². The number of hydrogen-bond donors (Lipinski definition) is 0. The standard InChI is InChI=1S/C52H36N4/c1-52(2)43-24-12-11-22-39(43)41-31-36(27-29-44(41)52)37-28-30-46-42(32-37)48-40(23-14-26-47(48)56(46)45-25-13-20-33-15-9-10-21-38(33)45)51-54-49(34-16-5-3-6-17-34)53-50(55-51)35-18-7-4-8-19-35/h3-32H,1-2H3. The Morgan fingerprint density at radius 3 is 1.77 bits per heavy atom. The molecule has 1 aliphatic carbocycles. The van der Waals surface area contributed by atoms with Crippen molar-refractivity contribution in [2.75, 3.05) is 0 Å². The average Bonchev–Trinajstić information content (AvgIpc) is 3.71. The van der Waals surface area contributed by atoms with E-state index >= 15 is 0 Å². The number of hydrogen-bond acceptors (Lipinski definition) is 3. The zero-order valence-electron chi connectivity index (χ0n) is 31.1. The SMILES string of the molecule is CC1(C)c2ccccc2-c2cc(-c3ccc4c(c3)c3c(-c5nc(-c6ccccc6)nc(-c6ccccc6)n5)cccc3n4-c3cccc4ccccc34)ccc21. The fraction of sp³-hybridized carbons (Fsp3) is 0.0577. The molecule has 2 aromatic heterocycles. The van der Waals surface area contributed by atoms with Gasteiger partial charge in [-0.05, 0) is 69.1 Å². The molecule has 0 N–H and O–H groups in total. The molecule has 0 saturated carbocycles. The summed E-state index contributed by atoms with van der Waals surface area (Å²) in [7, 11) is 0. The molecule has 10 aromatic rings. The molecule has 8 aromatic carbocycles. The van der Waals surface area contributed by atoms with Gasteiger partial charge in [-0.25, -0.2) is 15.0 Å². The third-order valence-electron chi connectivity index (χ3n) is 11.7. The number of fused-ring (bicyclic) bond motifs is 7. The minimum Gasteiger partial charge on any atom is -0.309 e. The van der Waals surface area contributed by atoms with E-state index in [1.54, 1.807) is 0 Å². The predicted molar refractivity (Wildman–Crippen MR) is 231 cm³/mol. The van der Waals surface area contributed by atoms with E-state index in [2.05, 4.69) is 164 Å². The van der Waals surface area contributed by atoms with Crippen LogP contribution >= 0.6 is 0 Å². The fourth-order valence-electron chi connectivity index (χ4n) is 8.93. The van der Waals surface area contributed by atoms with Crippen LogP contribution in [0, 0.1) is 0 Å². The lowest BCUT2D eigenvalue weighted by Gasteiger charge is -2.21. The molecule has 0 spiro atoms. The largest absolute Gasteiger partial charge is 0.309 e. The van der Waals surface area contributed by atoms with Crippen LogP contribution in [0.2, 0.25) is 0 Å². The monoisotopic (exact) mass is 716 g/mol. The molecule has 4 heteroatoms. The van der Waals surface area contributed by atoms with Crippen LogP contribution in [0.15, 0.2) is 182 Å². The van der Waals surface area contributed by atoms with Gasteiger partial charge in [0.05, 0.1) is 16.7 Å². The summed E-state index contributed by atoms with van der Waals surface area (Å²) in [6, 6.07) is 64.9. The maximum Gasteiger partial charge on any atom is 0.164 e. The van der Waals surface area contributed by atoms with Crippen LogP contribution in [0.4, 0.5) is 0 Å². The molecule has 0 fully saturated rings. The molecule has 11 rings (SSSR count). The Balaban J connectivity index is 1.20. The van der Waals surface area contributed by atoms with Crippen molar-refractivity contribution in [3.8, 4) is 62.1 Å². The molecular formula is C52H36N4. The molecular weight excluding hydrogens is 681 g/mol. The third-order valence-corrected chi connectivity index (χ3v) is 11.7. The molecule has 0 amide bonds. The van der Waals surface area contributed by atoms with E-state index in [9.17, 15) is 0 Å². The van der Waals surface area contributed by atoms with Gasteiger partial charge in [-0.2, -0.15) is 0 Å². The van der Waals surface area contributed by atoms with E-state index in [1.807, 2.05) is 36.4 Å². The Kier molecular flexibility index (Phi) is 7.17. The minimum absolute atomic E-state index is 0.0447. The molecule has 4 nitrogen and oxygen atoms in total. The summed E-state index contributed by atoms with van der Waals surface area (Å²) >= 11 is 0. The predicted octanol–water partition coefficient (Wildman–Crippen LogP) is 13.1. The highest BCUT2D eigenvalue weighted by Crippen LogP contribution is 2.50. The van der Waals surface area contributed by atoms with Crippen molar-refractivity contribution in [2.45, 2.75) is 19.3 Å². The van der Waals surface area contributed by atoms with Crippen molar-refractivity contribution in [3.05, 3.63) is 193 Å². The number of nitrogens with zero attached hydrogens (tertiary/aromatic N) is 4. The van der Waals surface area contributed by atoms with Gasteiger partial charge in [-0.3, -0.25) is 0 Å². The van der Waals surface area contributed by atoms with Gasteiger partial charge in [0.15, 0.2) is 17.5 Å². The fourth-order valence-corrected chi connectivity index (χ4v) is 8.93. The molecule has 56 heavy (non-hydrogen) atoms. The Hall–Kier alpha value is -7.17. The van der Waals surface area contributed by atoms with Crippen LogP contribution in [0.1, 0.15) is 25.0 Å². The smallest absolute Gasteiger partial charge is 0.164 e. The highest BCUT2D eigenvalue weighted by Gasteiger charge is 2.35. The molecule has 0 aliphatic heterocycles. The quantitative estimate of drug-likeness (QED) is 0.178. The van der Waals surface area contributed by atoms with Gasteiger partial charge in [-0.1, -0.05) is 166 Å². The van der Waals surface area contributed by atoms with E-state index in [-0.39, 0.29) is 5.41 Å². The van der Waals surface area contributed by atoms with Crippen LogP contribution < -0.4 is 0 Å². The van der Waals surface area contributed by atoms with Gasteiger partial charge in [-0.15, -0.1) is 0 Å². The molecule has 0 saturated heterocycles. The van der Waals surface area contributed by atoms with Crippen LogP contribution in [-0.4, -0.2) is 19.5 Å². The Labute approximate surface area is 325 Å². The van der Waals surface area contributed by atoms with E-state index < -0.39 is 0 Å². The first-order chi connectivity index (χ1) is 27.5. The van der Waals surface area contributed by atoms with Crippen molar-refractivity contribution in [2.24, 2.45) is 0 Å². The topological polar surface area (TPSA) is 43.6 Å². The Morgan fingerprint density at radius 1 is 0.393 bits per heavy atom. The summed E-state index contributed by atoms with van der Waals surface area (Å²) in [4.78, 5) is 15.4. The van der Waals surface area contributed by atoms with Crippen molar-refractivity contribution in [3.63, 3.8) is 0 Å².